The summed E-state index contributed by atoms with van der Waals surface area (Å²) in [6, 6.07) is 13.3. The Labute approximate surface area is 124 Å². The molecule has 0 spiro atoms. The third kappa shape index (κ3) is 4.15. The van der Waals surface area contributed by atoms with Crippen molar-refractivity contribution >= 4 is 11.6 Å². The smallest absolute Gasteiger partial charge is 0.160 e. The van der Waals surface area contributed by atoms with Gasteiger partial charge >= 0.3 is 0 Å². The van der Waals surface area contributed by atoms with Crippen molar-refractivity contribution in [3.8, 4) is 11.5 Å². The van der Waals surface area contributed by atoms with Crippen LogP contribution in [0, 0.1) is 0 Å². The number of nitrogens with one attached hydrogen (secondary N) is 1. The zero-order valence-electron chi connectivity index (χ0n) is 11.4. The zero-order valence-corrected chi connectivity index (χ0v) is 12.2. The van der Waals surface area contributed by atoms with Gasteiger partial charge in [-0.05, 0) is 48.4 Å². The molecule has 2 N–H and O–H groups in total. The van der Waals surface area contributed by atoms with Crippen LogP contribution in [0.2, 0.25) is 5.02 Å². The molecule has 0 aromatic heterocycles. The number of aromatic hydroxyl groups is 1. The normalized spacial score (nSPS) is 10.5. The van der Waals surface area contributed by atoms with Crippen LogP contribution in [0.4, 0.5) is 0 Å². The average molecular weight is 292 g/mol. The van der Waals surface area contributed by atoms with Crippen LogP contribution in [0.5, 0.6) is 11.5 Å². The van der Waals surface area contributed by atoms with Crippen molar-refractivity contribution in [1.82, 2.24) is 5.32 Å². The van der Waals surface area contributed by atoms with Crippen molar-refractivity contribution in [3.05, 3.63) is 58.6 Å². The molecule has 0 aliphatic heterocycles. The number of benzene rings is 2. The molecule has 0 radical (unpaired) electrons. The number of phenols is 1. The molecule has 0 heterocycles. The molecule has 4 heteroatoms. The molecule has 0 saturated carbocycles. The second-order valence-electron chi connectivity index (χ2n) is 4.56. The Kier molecular flexibility index (Phi) is 5.27. The van der Waals surface area contributed by atoms with Crippen molar-refractivity contribution < 1.29 is 9.84 Å². The minimum Gasteiger partial charge on any atom is -0.504 e. The summed E-state index contributed by atoms with van der Waals surface area (Å²) in [6.07, 6.45) is 0.919. The lowest BCUT2D eigenvalue weighted by molar-refractivity contribution is 0.373. The third-order valence-electron chi connectivity index (χ3n) is 3.05. The van der Waals surface area contributed by atoms with Gasteiger partial charge in [0.1, 0.15) is 0 Å². The fraction of sp³-hybridized carbons (Fsp3) is 0.250. The van der Waals surface area contributed by atoms with Gasteiger partial charge in [0.05, 0.1) is 7.11 Å². The van der Waals surface area contributed by atoms with E-state index in [0.29, 0.717) is 12.3 Å². The second kappa shape index (κ2) is 7.17. The number of hydrogen-bond acceptors (Lipinski definition) is 3. The van der Waals surface area contributed by atoms with E-state index in [1.165, 1.54) is 12.7 Å². The van der Waals surface area contributed by atoms with Crippen molar-refractivity contribution in [2.24, 2.45) is 0 Å². The average Bonchev–Trinajstić information content (AvgIpc) is 2.44. The number of methoxy groups -OCH3 is 1. The summed E-state index contributed by atoms with van der Waals surface area (Å²) in [5.41, 5.74) is 2.23. The Hall–Kier alpha value is -1.71. The topological polar surface area (TPSA) is 41.5 Å². The fourth-order valence-corrected chi connectivity index (χ4v) is 2.22. The molecular formula is C16H18ClNO2. The Bertz CT molecular complexity index is 572. The van der Waals surface area contributed by atoms with Crippen LogP contribution < -0.4 is 10.1 Å². The number of phenolic OH excluding ortho intramolecular Hbond substituents is 1. The Balaban J connectivity index is 1.80. The van der Waals surface area contributed by atoms with E-state index in [9.17, 15) is 5.11 Å². The molecule has 0 fully saturated rings. The van der Waals surface area contributed by atoms with Gasteiger partial charge in [0.2, 0.25) is 0 Å². The van der Waals surface area contributed by atoms with Gasteiger partial charge in [0, 0.05) is 11.6 Å². The third-order valence-corrected chi connectivity index (χ3v) is 3.29. The first-order valence-corrected chi connectivity index (χ1v) is 6.88. The minimum atomic E-state index is 0.168. The van der Waals surface area contributed by atoms with Gasteiger partial charge < -0.3 is 15.2 Å². The number of ether oxygens (including phenoxy) is 1. The van der Waals surface area contributed by atoms with Gasteiger partial charge in [-0.25, -0.2) is 0 Å². The molecular weight excluding hydrogens is 274 g/mol. The van der Waals surface area contributed by atoms with E-state index in [-0.39, 0.29) is 5.75 Å². The van der Waals surface area contributed by atoms with Crippen LogP contribution in [0.25, 0.3) is 0 Å². The summed E-state index contributed by atoms with van der Waals surface area (Å²) in [5, 5.41) is 13.8. The number of halogens is 1. The van der Waals surface area contributed by atoms with Crippen molar-refractivity contribution in [2.45, 2.75) is 13.0 Å². The molecule has 0 unspecified atom stereocenters. The van der Waals surface area contributed by atoms with Crippen molar-refractivity contribution in [2.75, 3.05) is 13.7 Å². The Morgan fingerprint density at radius 1 is 1.15 bits per heavy atom. The van der Waals surface area contributed by atoms with Crippen LogP contribution in [-0.4, -0.2) is 18.8 Å². The highest BCUT2D eigenvalue weighted by molar-refractivity contribution is 6.30. The maximum atomic E-state index is 9.69. The van der Waals surface area contributed by atoms with E-state index in [4.69, 9.17) is 16.3 Å². The molecule has 2 aromatic rings. The van der Waals surface area contributed by atoms with E-state index < -0.39 is 0 Å². The summed E-state index contributed by atoms with van der Waals surface area (Å²) in [5.74, 6) is 0.661. The zero-order chi connectivity index (χ0) is 14.4. The van der Waals surface area contributed by atoms with Gasteiger partial charge in [-0.2, -0.15) is 0 Å². The van der Waals surface area contributed by atoms with E-state index in [2.05, 4.69) is 11.4 Å². The first kappa shape index (κ1) is 14.7. The van der Waals surface area contributed by atoms with Gasteiger partial charge in [0.25, 0.3) is 0 Å². The predicted octanol–water partition coefficient (Wildman–Crippen LogP) is 3.39. The quantitative estimate of drug-likeness (QED) is 0.802. The van der Waals surface area contributed by atoms with Crippen LogP contribution in [0.3, 0.4) is 0 Å². The van der Waals surface area contributed by atoms with E-state index >= 15 is 0 Å². The summed E-state index contributed by atoms with van der Waals surface area (Å²) >= 11 is 5.94. The van der Waals surface area contributed by atoms with Gasteiger partial charge in [-0.15, -0.1) is 0 Å². The summed E-state index contributed by atoms with van der Waals surface area (Å²) in [7, 11) is 1.54. The molecule has 106 valence electrons. The maximum absolute atomic E-state index is 9.69. The fourth-order valence-electron chi connectivity index (χ4n) is 2.00. The monoisotopic (exact) mass is 291 g/mol. The molecule has 0 aliphatic rings. The molecule has 0 aliphatic carbocycles. The molecule has 2 aromatic carbocycles. The lowest BCUT2D eigenvalue weighted by Crippen LogP contribution is -2.16. The Morgan fingerprint density at radius 3 is 2.70 bits per heavy atom. The predicted molar refractivity (Wildman–Crippen MR) is 81.5 cm³/mol. The maximum Gasteiger partial charge on any atom is 0.160 e. The van der Waals surface area contributed by atoms with E-state index in [1.54, 1.807) is 12.1 Å². The lowest BCUT2D eigenvalue weighted by Gasteiger charge is -2.08. The van der Waals surface area contributed by atoms with E-state index in [1.807, 2.05) is 24.3 Å². The summed E-state index contributed by atoms with van der Waals surface area (Å²) < 4.78 is 5.01. The van der Waals surface area contributed by atoms with Crippen LogP contribution in [0.1, 0.15) is 11.1 Å². The second-order valence-corrected chi connectivity index (χ2v) is 5.00. The SMILES string of the molecule is COc1ccc(CNCCc2cccc(Cl)c2)cc1O. The first-order chi connectivity index (χ1) is 9.69. The molecule has 3 nitrogen and oxygen atoms in total. The molecule has 2 rings (SSSR count). The highest BCUT2D eigenvalue weighted by Gasteiger charge is 2.02. The molecule has 20 heavy (non-hydrogen) atoms. The highest BCUT2D eigenvalue weighted by Crippen LogP contribution is 2.26. The lowest BCUT2D eigenvalue weighted by atomic mass is 10.1. The van der Waals surface area contributed by atoms with Gasteiger partial charge in [-0.3, -0.25) is 0 Å². The minimum absolute atomic E-state index is 0.168. The van der Waals surface area contributed by atoms with Crippen LogP contribution in [-0.2, 0) is 13.0 Å². The number of rotatable bonds is 6. The number of hydrogen-bond donors (Lipinski definition) is 2. The molecule has 0 bridgehead atoms. The van der Waals surface area contributed by atoms with Crippen molar-refractivity contribution in [1.29, 1.82) is 0 Å². The van der Waals surface area contributed by atoms with Crippen LogP contribution in [0.15, 0.2) is 42.5 Å². The highest BCUT2D eigenvalue weighted by atomic mass is 35.5. The van der Waals surface area contributed by atoms with E-state index in [0.717, 1.165) is 23.6 Å². The van der Waals surface area contributed by atoms with Crippen LogP contribution >= 0.6 is 11.6 Å². The molecule has 0 amide bonds. The Morgan fingerprint density at radius 2 is 2.00 bits per heavy atom. The van der Waals surface area contributed by atoms with Gasteiger partial charge in [0.15, 0.2) is 11.5 Å². The molecule has 0 atom stereocenters. The summed E-state index contributed by atoms with van der Waals surface area (Å²) in [4.78, 5) is 0. The molecule has 0 saturated heterocycles. The first-order valence-electron chi connectivity index (χ1n) is 6.50. The standard InChI is InChI=1S/C16H18ClNO2/c1-20-16-6-5-13(10-15(16)19)11-18-8-7-12-3-2-4-14(17)9-12/h2-6,9-10,18-19H,7-8,11H2,1H3. The van der Waals surface area contributed by atoms with Crippen molar-refractivity contribution in [3.63, 3.8) is 0 Å². The van der Waals surface area contributed by atoms with Gasteiger partial charge in [-0.1, -0.05) is 29.8 Å². The summed E-state index contributed by atoms with van der Waals surface area (Å²) in [6.45, 7) is 1.56. The largest absolute Gasteiger partial charge is 0.504 e.